The van der Waals surface area contributed by atoms with Crippen molar-refractivity contribution in [3.05, 3.63) is 23.8 Å². The molecule has 0 unspecified atom stereocenters. The summed E-state index contributed by atoms with van der Waals surface area (Å²) in [5, 5.41) is 17.6. The molecule has 0 radical (unpaired) electrons. The van der Waals surface area contributed by atoms with Crippen LogP contribution in [0.25, 0.3) is 0 Å². The van der Waals surface area contributed by atoms with E-state index in [1.165, 1.54) is 12.8 Å². The minimum atomic E-state index is 0.153. The molecule has 0 amide bonds. The first-order valence-electron chi connectivity index (χ1n) is 7.04. The number of rotatable bonds is 7. The maximum Gasteiger partial charge on any atom is 0.186 e. The molecule has 0 aliphatic heterocycles. The van der Waals surface area contributed by atoms with Crippen LogP contribution in [0.3, 0.4) is 0 Å². The maximum atomic E-state index is 9.85. The van der Waals surface area contributed by atoms with Crippen LogP contribution in [-0.4, -0.2) is 29.6 Å². The summed E-state index contributed by atoms with van der Waals surface area (Å²) in [7, 11) is 1.58. The van der Waals surface area contributed by atoms with Crippen LogP contribution in [0, 0.1) is 0 Å². The Bertz CT molecular complexity index is 504. The lowest BCUT2D eigenvalue weighted by Gasteiger charge is -2.09. The highest BCUT2D eigenvalue weighted by molar-refractivity contribution is 7.80. The lowest BCUT2D eigenvalue weighted by atomic mass is 10.1. The molecule has 0 saturated heterocycles. The Morgan fingerprint density at radius 2 is 2.14 bits per heavy atom. The van der Waals surface area contributed by atoms with Crippen LogP contribution in [0.1, 0.15) is 38.7 Å². The number of hydrogen-bond acceptors (Lipinski definition) is 4. The van der Waals surface area contributed by atoms with Gasteiger partial charge in [0.2, 0.25) is 0 Å². The minimum Gasteiger partial charge on any atom is -0.507 e. The van der Waals surface area contributed by atoms with Crippen molar-refractivity contribution in [1.82, 2.24) is 10.7 Å². The third kappa shape index (κ3) is 5.99. The number of methoxy groups -OCH3 is 1. The van der Waals surface area contributed by atoms with Crippen LogP contribution in [0.5, 0.6) is 11.5 Å². The van der Waals surface area contributed by atoms with Gasteiger partial charge < -0.3 is 15.2 Å². The molecule has 1 rings (SSSR count). The number of unbranched alkanes of at least 4 members (excludes halogenated alkanes) is 2. The average Bonchev–Trinajstić information content (AvgIpc) is 2.49. The lowest BCUT2D eigenvalue weighted by Crippen LogP contribution is -2.33. The molecular formula is C15H23N3O2S. The van der Waals surface area contributed by atoms with Crippen molar-refractivity contribution in [2.75, 3.05) is 13.7 Å². The Hall–Kier alpha value is -1.82. The second-order valence-electron chi connectivity index (χ2n) is 4.66. The van der Waals surface area contributed by atoms with E-state index >= 15 is 0 Å². The third-order valence-corrected chi connectivity index (χ3v) is 3.22. The summed E-state index contributed by atoms with van der Waals surface area (Å²) in [6.45, 7) is 4.78. The van der Waals surface area contributed by atoms with Crippen molar-refractivity contribution >= 4 is 23.0 Å². The highest BCUT2D eigenvalue weighted by Gasteiger charge is 2.06. The average molecular weight is 309 g/mol. The molecular weight excluding hydrogens is 286 g/mol. The molecule has 21 heavy (non-hydrogen) atoms. The second-order valence-corrected chi connectivity index (χ2v) is 5.06. The summed E-state index contributed by atoms with van der Waals surface area (Å²) in [6, 6.07) is 5.00. The summed E-state index contributed by atoms with van der Waals surface area (Å²) in [5.41, 5.74) is 4.01. The van der Waals surface area contributed by atoms with E-state index in [9.17, 15) is 5.11 Å². The minimum absolute atomic E-state index is 0.153. The molecule has 0 aliphatic carbocycles. The van der Waals surface area contributed by atoms with Crippen LogP contribution < -0.4 is 15.5 Å². The van der Waals surface area contributed by atoms with E-state index in [1.807, 2.05) is 0 Å². The van der Waals surface area contributed by atoms with Gasteiger partial charge in [-0.15, -0.1) is 0 Å². The number of benzene rings is 1. The molecule has 1 aromatic rings. The Balaban J connectivity index is 2.58. The van der Waals surface area contributed by atoms with Crippen molar-refractivity contribution < 1.29 is 9.84 Å². The second kappa shape index (κ2) is 9.18. The molecule has 6 heteroatoms. The lowest BCUT2D eigenvalue weighted by molar-refractivity contribution is 0.412. The van der Waals surface area contributed by atoms with Crippen molar-refractivity contribution in [3.8, 4) is 11.5 Å². The summed E-state index contributed by atoms with van der Waals surface area (Å²) < 4.78 is 5.14. The quantitative estimate of drug-likeness (QED) is 0.313. The fraction of sp³-hybridized carbons (Fsp3) is 0.467. The van der Waals surface area contributed by atoms with Gasteiger partial charge in [0.25, 0.3) is 0 Å². The van der Waals surface area contributed by atoms with Gasteiger partial charge in [-0.1, -0.05) is 19.8 Å². The summed E-state index contributed by atoms with van der Waals surface area (Å²) in [5.74, 6) is 0.818. The number of thiocarbonyl (C=S) groups is 1. The summed E-state index contributed by atoms with van der Waals surface area (Å²) >= 11 is 5.14. The predicted octanol–water partition coefficient (Wildman–Crippen LogP) is 2.78. The van der Waals surface area contributed by atoms with Gasteiger partial charge in [-0.3, -0.25) is 5.43 Å². The maximum absolute atomic E-state index is 9.85. The SMILES string of the molecule is CCCCCNC(=S)N/N=C(\C)c1cc(OC)ccc1O. The molecule has 0 fully saturated rings. The van der Waals surface area contributed by atoms with Gasteiger partial charge in [0.05, 0.1) is 12.8 Å². The Morgan fingerprint density at radius 1 is 1.38 bits per heavy atom. The number of ether oxygens (including phenoxy) is 1. The monoisotopic (exact) mass is 309 g/mol. The standard InChI is InChI=1S/C15H23N3O2S/c1-4-5-6-9-16-15(21)18-17-11(2)13-10-12(20-3)7-8-14(13)19/h7-8,10,19H,4-6,9H2,1-3H3,(H2,16,18,21)/b17-11+. The molecule has 0 heterocycles. The summed E-state index contributed by atoms with van der Waals surface area (Å²) in [4.78, 5) is 0. The number of phenolic OH excluding ortho intramolecular Hbond substituents is 1. The van der Waals surface area contributed by atoms with E-state index < -0.39 is 0 Å². The molecule has 0 aromatic heterocycles. The van der Waals surface area contributed by atoms with Gasteiger partial charge >= 0.3 is 0 Å². The molecule has 0 spiro atoms. The summed E-state index contributed by atoms with van der Waals surface area (Å²) in [6.07, 6.45) is 3.43. The first-order chi connectivity index (χ1) is 10.1. The number of hydrazone groups is 1. The first-order valence-corrected chi connectivity index (χ1v) is 7.44. The van der Waals surface area contributed by atoms with Crippen LogP contribution in [-0.2, 0) is 0 Å². The van der Waals surface area contributed by atoms with Gasteiger partial charge in [0.15, 0.2) is 5.11 Å². The van der Waals surface area contributed by atoms with E-state index in [0.29, 0.717) is 22.1 Å². The van der Waals surface area contributed by atoms with Crippen LogP contribution in [0.15, 0.2) is 23.3 Å². The Labute approximate surface area is 131 Å². The predicted molar refractivity (Wildman–Crippen MR) is 90.1 cm³/mol. The largest absolute Gasteiger partial charge is 0.507 e. The Morgan fingerprint density at radius 3 is 2.81 bits per heavy atom. The van der Waals surface area contributed by atoms with E-state index in [-0.39, 0.29) is 5.75 Å². The van der Waals surface area contributed by atoms with Gasteiger partial charge in [0.1, 0.15) is 11.5 Å². The molecule has 5 nitrogen and oxygen atoms in total. The molecule has 0 aliphatic rings. The number of phenols is 1. The zero-order valence-corrected chi connectivity index (χ0v) is 13.6. The van der Waals surface area contributed by atoms with Crippen molar-refractivity contribution in [2.45, 2.75) is 33.1 Å². The van der Waals surface area contributed by atoms with Crippen LogP contribution in [0.2, 0.25) is 0 Å². The van der Waals surface area contributed by atoms with Crippen molar-refractivity contribution in [3.63, 3.8) is 0 Å². The third-order valence-electron chi connectivity index (χ3n) is 2.98. The first kappa shape index (κ1) is 17.2. The zero-order valence-electron chi connectivity index (χ0n) is 12.8. The molecule has 0 atom stereocenters. The topological polar surface area (TPSA) is 65.9 Å². The van der Waals surface area contributed by atoms with Gasteiger partial charge in [0, 0.05) is 12.1 Å². The van der Waals surface area contributed by atoms with Crippen molar-refractivity contribution in [1.29, 1.82) is 0 Å². The Kier molecular flexibility index (Phi) is 7.53. The number of nitrogens with zero attached hydrogens (tertiary/aromatic N) is 1. The molecule has 0 bridgehead atoms. The highest BCUT2D eigenvalue weighted by atomic mass is 32.1. The number of aromatic hydroxyl groups is 1. The highest BCUT2D eigenvalue weighted by Crippen LogP contribution is 2.23. The zero-order chi connectivity index (χ0) is 15.7. The normalized spacial score (nSPS) is 11.1. The fourth-order valence-electron chi connectivity index (χ4n) is 1.74. The van der Waals surface area contributed by atoms with Gasteiger partial charge in [-0.05, 0) is 43.8 Å². The van der Waals surface area contributed by atoms with E-state index in [1.54, 1.807) is 32.2 Å². The number of hydrogen-bond donors (Lipinski definition) is 3. The molecule has 1 aromatic carbocycles. The van der Waals surface area contributed by atoms with Crippen LogP contribution in [0.4, 0.5) is 0 Å². The molecule has 116 valence electrons. The van der Waals surface area contributed by atoms with Gasteiger partial charge in [-0.2, -0.15) is 5.10 Å². The van der Waals surface area contributed by atoms with Crippen molar-refractivity contribution in [2.24, 2.45) is 5.10 Å². The van der Waals surface area contributed by atoms with Crippen LogP contribution >= 0.6 is 12.2 Å². The molecule has 3 N–H and O–H groups in total. The smallest absolute Gasteiger partial charge is 0.186 e. The molecule has 0 saturated carbocycles. The number of nitrogens with one attached hydrogen (secondary N) is 2. The van der Waals surface area contributed by atoms with E-state index in [0.717, 1.165) is 13.0 Å². The fourth-order valence-corrected chi connectivity index (χ4v) is 1.89. The van der Waals surface area contributed by atoms with E-state index in [4.69, 9.17) is 17.0 Å². The van der Waals surface area contributed by atoms with Gasteiger partial charge in [-0.25, -0.2) is 0 Å². The van der Waals surface area contributed by atoms with E-state index in [2.05, 4.69) is 22.8 Å².